The highest BCUT2D eigenvalue weighted by molar-refractivity contribution is 14.1. The number of carbonyl (C=O) groups is 2. The highest BCUT2D eigenvalue weighted by Gasteiger charge is 2.23. The molecule has 1 aliphatic rings. The standard InChI is InChI=1S/C29H31IN6O5S/c1-5-41-29(38)36-12-10-35(11-13-36)19-8-6-18(7-9-19)33-27-26-25(31-16-32-27)20(15-42-26)28(37)34-24-17(2)21(39-3)14-22(40-4)23(24)30/h6-9,14-16H,5,10-13H2,1-4H3,(H,34,37)(H,31,32,33). The van der Waals surface area contributed by atoms with Crippen molar-refractivity contribution in [2.75, 3.05) is 62.5 Å². The second kappa shape index (κ2) is 13.0. The lowest BCUT2D eigenvalue weighted by Gasteiger charge is -2.35. The zero-order valence-corrected chi connectivity index (χ0v) is 26.7. The number of methoxy groups -OCH3 is 2. The quantitative estimate of drug-likeness (QED) is 0.217. The normalized spacial score (nSPS) is 13.2. The van der Waals surface area contributed by atoms with Crippen LogP contribution in [0.3, 0.4) is 0 Å². The first kappa shape index (κ1) is 29.6. The van der Waals surface area contributed by atoms with Crippen molar-refractivity contribution in [3.8, 4) is 11.5 Å². The summed E-state index contributed by atoms with van der Waals surface area (Å²) < 4.78 is 17.6. The van der Waals surface area contributed by atoms with Gasteiger partial charge in [0.25, 0.3) is 5.91 Å². The fourth-order valence-corrected chi connectivity index (χ4v) is 6.61. The van der Waals surface area contributed by atoms with Gasteiger partial charge in [0.15, 0.2) is 5.82 Å². The number of ether oxygens (including phenoxy) is 3. The van der Waals surface area contributed by atoms with Crippen LogP contribution in [0.5, 0.6) is 11.5 Å². The molecule has 2 amide bonds. The van der Waals surface area contributed by atoms with Crippen LogP contribution in [0.25, 0.3) is 10.2 Å². The molecule has 0 unspecified atom stereocenters. The Balaban J connectivity index is 1.30. The van der Waals surface area contributed by atoms with Crippen molar-refractivity contribution in [2.45, 2.75) is 13.8 Å². The first-order valence-corrected chi connectivity index (χ1v) is 15.3. The predicted molar refractivity (Wildman–Crippen MR) is 173 cm³/mol. The molecular weight excluding hydrogens is 671 g/mol. The van der Waals surface area contributed by atoms with Crippen LogP contribution in [0.15, 0.2) is 42.0 Å². The summed E-state index contributed by atoms with van der Waals surface area (Å²) in [6, 6.07) is 9.86. The smallest absolute Gasteiger partial charge is 0.409 e. The number of rotatable bonds is 8. The third-order valence-corrected chi connectivity index (χ3v) is 9.07. The van der Waals surface area contributed by atoms with Crippen molar-refractivity contribution < 1.29 is 23.8 Å². The molecule has 0 bridgehead atoms. The Bertz CT molecular complexity index is 1580. The van der Waals surface area contributed by atoms with Crippen molar-refractivity contribution in [3.63, 3.8) is 0 Å². The van der Waals surface area contributed by atoms with Gasteiger partial charge >= 0.3 is 6.09 Å². The Kier molecular flexibility index (Phi) is 9.16. The van der Waals surface area contributed by atoms with Crippen LogP contribution in [0.4, 0.5) is 27.7 Å². The zero-order chi connectivity index (χ0) is 29.8. The Morgan fingerprint density at radius 2 is 1.76 bits per heavy atom. The van der Waals surface area contributed by atoms with E-state index in [1.807, 2.05) is 38.1 Å². The highest BCUT2D eigenvalue weighted by Crippen LogP contribution is 2.39. The molecule has 220 valence electrons. The number of piperazine rings is 1. The lowest BCUT2D eigenvalue weighted by molar-refractivity contribution is 0.102. The van der Waals surface area contributed by atoms with E-state index in [1.54, 1.807) is 30.6 Å². The van der Waals surface area contributed by atoms with E-state index < -0.39 is 0 Å². The molecule has 42 heavy (non-hydrogen) atoms. The molecule has 1 saturated heterocycles. The van der Waals surface area contributed by atoms with E-state index in [-0.39, 0.29) is 12.0 Å². The van der Waals surface area contributed by atoms with Crippen molar-refractivity contribution in [2.24, 2.45) is 0 Å². The summed E-state index contributed by atoms with van der Waals surface area (Å²) in [6.07, 6.45) is 1.20. The summed E-state index contributed by atoms with van der Waals surface area (Å²) in [4.78, 5) is 38.3. The van der Waals surface area contributed by atoms with E-state index in [0.717, 1.165) is 38.3 Å². The van der Waals surface area contributed by atoms with E-state index in [2.05, 4.69) is 48.1 Å². The number of fused-ring (bicyclic) bond motifs is 1. The van der Waals surface area contributed by atoms with Gasteiger partial charge in [-0.15, -0.1) is 11.3 Å². The van der Waals surface area contributed by atoms with Gasteiger partial charge in [0.2, 0.25) is 0 Å². The molecule has 3 heterocycles. The summed E-state index contributed by atoms with van der Waals surface area (Å²) in [5.41, 5.74) is 4.38. The van der Waals surface area contributed by atoms with Gasteiger partial charge in [-0.25, -0.2) is 14.8 Å². The predicted octanol–water partition coefficient (Wildman–Crippen LogP) is 5.90. The number of anilines is 4. The monoisotopic (exact) mass is 702 g/mol. The molecule has 4 aromatic rings. The summed E-state index contributed by atoms with van der Waals surface area (Å²) in [5, 5.41) is 8.19. The van der Waals surface area contributed by atoms with Gasteiger partial charge in [0, 0.05) is 54.6 Å². The molecule has 5 rings (SSSR count). The lowest BCUT2D eigenvalue weighted by atomic mass is 10.1. The summed E-state index contributed by atoms with van der Waals surface area (Å²) in [6.45, 7) is 6.79. The highest BCUT2D eigenvalue weighted by atomic mass is 127. The fourth-order valence-electron chi connectivity index (χ4n) is 4.75. The molecule has 1 fully saturated rings. The van der Waals surface area contributed by atoms with E-state index in [0.29, 0.717) is 53.8 Å². The third kappa shape index (κ3) is 6.02. The molecule has 0 spiro atoms. The minimum Gasteiger partial charge on any atom is -0.496 e. The number of amides is 2. The zero-order valence-electron chi connectivity index (χ0n) is 23.7. The van der Waals surface area contributed by atoms with E-state index in [1.165, 1.54) is 17.7 Å². The molecule has 0 aliphatic carbocycles. The van der Waals surface area contributed by atoms with Gasteiger partial charge < -0.3 is 34.6 Å². The minimum absolute atomic E-state index is 0.257. The first-order chi connectivity index (χ1) is 20.3. The molecule has 2 N–H and O–H groups in total. The number of nitrogens with zero attached hydrogens (tertiary/aromatic N) is 4. The van der Waals surface area contributed by atoms with Gasteiger partial charge in [0.1, 0.15) is 17.8 Å². The van der Waals surface area contributed by atoms with Crippen LogP contribution in [-0.4, -0.2) is 73.9 Å². The van der Waals surface area contributed by atoms with Gasteiger partial charge in [0.05, 0.1) is 45.9 Å². The maximum Gasteiger partial charge on any atom is 0.409 e. The average molecular weight is 703 g/mol. The number of benzene rings is 2. The van der Waals surface area contributed by atoms with E-state index in [9.17, 15) is 9.59 Å². The van der Waals surface area contributed by atoms with Crippen molar-refractivity contribution >= 4 is 79.0 Å². The number of hydrogen-bond acceptors (Lipinski definition) is 10. The number of halogens is 1. The summed E-state index contributed by atoms with van der Waals surface area (Å²) >= 11 is 3.56. The second-order valence-corrected chi connectivity index (χ2v) is 11.4. The molecule has 2 aromatic carbocycles. The average Bonchev–Trinajstić information content (AvgIpc) is 3.45. The van der Waals surface area contributed by atoms with E-state index >= 15 is 0 Å². The molecule has 0 atom stereocenters. The Hall–Kier alpha value is -3.85. The number of carbonyl (C=O) groups excluding carboxylic acids is 2. The van der Waals surface area contributed by atoms with Crippen molar-refractivity contribution in [3.05, 3.63) is 56.7 Å². The fraction of sp³-hybridized carbons (Fsp3) is 0.310. The van der Waals surface area contributed by atoms with Gasteiger partial charge in [-0.3, -0.25) is 4.79 Å². The van der Waals surface area contributed by atoms with Gasteiger partial charge in [-0.1, -0.05) is 0 Å². The van der Waals surface area contributed by atoms with Crippen LogP contribution in [-0.2, 0) is 4.74 Å². The third-order valence-electron chi connectivity index (χ3n) is 7.02. The molecular formula is C29H31IN6O5S. The molecule has 0 radical (unpaired) electrons. The number of aromatic nitrogens is 2. The van der Waals surface area contributed by atoms with Crippen LogP contribution in [0.2, 0.25) is 0 Å². The second-order valence-electron chi connectivity index (χ2n) is 9.44. The maximum absolute atomic E-state index is 13.4. The molecule has 11 nitrogen and oxygen atoms in total. The first-order valence-electron chi connectivity index (χ1n) is 13.3. The number of nitrogens with one attached hydrogen (secondary N) is 2. The summed E-state index contributed by atoms with van der Waals surface area (Å²) in [7, 11) is 3.16. The SMILES string of the molecule is CCOC(=O)N1CCN(c2ccc(Nc3ncnc4c(C(=O)Nc5c(C)c(OC)cc(OC)c5I)csc34)cc2)CC1. The van der Waals surface area contributed by atoms with Gasteiger partial charge in [-0.05, 0) is 60.7 Å². The Morgan fingerprint density at radius 1 is 1.05 bits per heavy atom. The minimum atomic E-state index is -0.283. The van der Waals surface area contributed by atoms with E-state index in [4.69, 9.17) is 14.2 Å². The Morgan fingerprint density at radius 3 is 2.43 bits per heavy atom. The largest absolute Gasteiger partial charge is 0.496 e. The molecule has 13 heteroatoms. The van der Waals surface area contributed by atoms with Crippen molar-refractivity contribution in [1.29, 1.82) is 0 Å². The number of hydrogen-bond donors (Lipinski definition) is 2. The van der Waals surface area contributed by atoms with Crippen LogP contribution in [0.1, 0.15) is 22.8 Å². The van der Waals surface area contributed by atoms with Crippen molar-refractivity contribution in [1.82, 2.24) is 14.9 Å². The van der Waals surface area contributed by atoms with Crippen LogP contribution < -0.4 is 25.0 Å². The Labute approximate surface area is 261 Å². The molecule has 2 aromatic heterocycles. The van der Waals surface area contributed by atoms with Crippen LogP contribution >= 0.6 is 33.9 Å². The summed E-state index contributed by atoms with van der Waals surface area (Å²) in [5.74, 6) is 1.57. The van der Waals surface area contributed by atoms with Gasteiger partial charge in [-0.2, -0.15) is 0 Å². The lowest BCUT2D eigenvalue weighted by Crippen LogP contribution is -2.49. The van der Waals surface area contributed by atoms with Crippen LogP contribution in [0, 0.1) is 10.5 Å². The topological polar surface area (TPSA) is 118 Å². The molecule has 1 aliphatic heterocycles. The molecule has 0 saturated carbocycles. The maximum atomic E-state index is 13.4. The number of thiophene rings is 1.